The van der Waals surface area contributed by atoms with Crippen LogP contribution in [0.25, 0.3) is 0 Å². The number of carbonyl (C=O) groups is 1. The molecule has 0 saturated carbocycles. The Morgan fingerprint density at radius 2 is 1.00 bits per heavy atom. The Labute approximate surface area is 175 Å². The predicted molar refractivity (Wildman–Crippen MR) is 75.1 cm³/mol. The van der Waals surface area contributed by atoms with Crippen molar-refractivity contribution in [3.05, 3.63) is 0 Å². The van der Waals surface area contributed by atoms with E-state index in [1.54, 1.807) is 0 Å². The second kappa shape index (κ2) is 14.3. The van der Waals surface area contributed by atoms with E-state index in [4.69, 9.17) is 4.74 Å². The molecule has 26 heavy (non-hydrogen) atoms. The summed E-state index contributed by atoms with van der Waals surface area (Å²) < 4.78 is 122. The molecular formula is C7H14B3F12KNO2-3. The number of halogens is 12. The van der Waals surface area contributed by atoms with Gasteiger partial charge in [0.25, 0.3) is 0 Å². The molecule has 0 saturated heterocycles. The first-order valence-electron chi connectivity index (χ1n) is 6.42. The van der Waals surface area contributed by atoms with Gasteiger partial charge in [-0.05, 0) is 0 Å². The number of ether oxygens (including phenoxy) is 1. The monoisotopic (exact) mass is 444 g/mol. The second-order valence-corrected chi connectivity index (χ2v) is 7.99. The van der Waals surface area contributed by atoms with Crippen molar-refractivity contribution in [1.29, 1.82) is 0 Å². The zero-order valence-corrected chi connectivity index (χ0v) is 17.3. The Balaban J connectivity index is -0.000000136. The SMILES string of the molecule is C[CH]([K])NC(=O)OC(C)(C)C.F[B-](F)(F)F.F[B-](F)(F)F.F[B-](F)(F)F. The predicted octanol–water partition coefficient (Wildman–Crippen LogP) is 4.93. The quantitative estimate of drug-likeness (QED) is 0.461. The van der Waals surface area contributed by atoms with Crippen LogP contribution in [0.2, 0.25) is 0 Å². The van der Waals surface area contributed by atoms with Gasteiger partial charge in [0.05, 0.1) is 0 Å². The van der Waals surface area contributed by atoms with E-state index in [1.165, 1.54) is 0 Å². The van der Waals surface area contributed by atoms with E-state index in [1.807, 2.05) is 27.7 Å². The first-order valence-corrected chi connectivity index (χ1v) is 8.23. The Morgan fingerprint density at radius 3 is 1.12 bits per heavy atom. The molecule has 0 bridgehead atoms. The van der Waals surface area contributed by atoms with Gasteiger partial charge in [-0.15, -0.1) is 0 Å². The third-order valence-corrected chi connectivity index (χ3v) is 1.26. The Bertz CT molecular complexity index is 321. The molecule has 3 nitrogen and oxygen atoms in total. The van der Waals surface area contributed by atoms with Crippen molar-refractivity contribution in [2.45, 2.75) is 33.4 Å². The van der Waals surface area contributed by atoms with Gasteiger partial charge in [0, 0.05) is 0 Å². The van der Waals surface area contributed by atoms with Gasteiger partial charge in [-0.3, -0.25) is 0 Å². The van der Waals surface area contributed by atoms with E-state index in [0.29, 0.717) is 49.1 Å². The topological polar surface area (TPSA) is 38.3 Å². The summed E-state index contributed by atoms with van der Waals surface area (Å²) in [6.07, 6.45) is -0.307. The van der Waals surface area contributed by atoms with Gasteiger partial charge < -0.3 is 51.8 Å². The molecule has 0 aliphatic carbocycles. The van der Waals surface area contributed by atoms with Crippen LogP contribution in [0.15, 0.2) is 0 Å². The van der Waals surface area contributed by atoms with Gasteiger partial charge in [0.2, 0.25) is 0 Å². The molecule has 0 heterocycles. The van der Waals surface area contributed by atoms with Crippen molar-refractivity contribution in [3.8, 4) is 0 Å². The molecule has 1 N–H and O–H groups in total. The maximum atomic E-state index is 11.0. The number of hydrogen-bond acceptors (Lipinski definition) is 2. The summed E-state index contributed by atoms with van der Waals surface area (Å²) in [4.78, 5) is 11.0. The van der Waals surface area contributed by atoms with Crippen LogP contribution in [-0.4, -0.2) is 82.5 Å². The first-order chi connectivity index (χ1) is 10.8. The standard InChI is InChI=1S/C7H14NO2.3BF4.K/c1-5-8-6(9)10-7(2,3)4;3*2-1(3,4)5;/h5H,1-4H3,(H,8,9);;;;/q;3*-1;. The van der Waals surface area contributed by atoms with E-state index in [0.717, 1.165) is 0 Å². The largest absolute Gasteiger partial charge is 0.673 e. The van der Waals surface area contributed by atoms with E-state index in [2.05, 4.69) is 5.32 Å². The summed E-state index contributed by atoms with van der Waals surface area (Å²) in [5.74, 6) is 0. The van der Waals surface area contributed by atoms with Gasteiger partial charge in [-0.1, -0.05) is 0 Å². The third-order valence-electron chi connectivity index (χ3n) is 0.805. The summed E-state index contributed by atoms with van der Waals surface area (Å²) in [6, 6.07) is 0. The van der Waals surface area contributed by atoms with Crippen LogP contribution in [-0.2, 0) is 4.74 Å². The first kappa shape index (κ1) is 33.8. The molecule has 0 aliphatic rings. The Hall–Kier alpha value is 0.261. The Morgan fingerprint density at radius 1 is 0.808 bits per heavy atom. The number of nitrogens with one attached hydrogen (secondary N) is 1. The number of rotatable bonds is 1. The molecular weight excluding hydrogens is 430 g/mol. The van der Waals surface area contributed by atoms with Gasteiger partial charge in [0.1, 0.15) is 0 Å². The number of amides is 1. The van der Waals surface area contributed by atoms with Gasteiger partial charge in [0.15, 0.2) is 0 Å². The molecule has 0 rings (SSSR count). The number of alkyl carbamates (subject to hydrolysis) is 1. The van der Waals surface area contributed by atoms with Crippen LogP contribution in [0.4, 0.5) is 56.6 Å². The minimum Gasteiger partial charge on any atom is -0.418 e. The average molecular weight is 444 g/mol. The van der Waals surface area contributed by atoms with Gasteiger partial charge in [-0.2, -0.15) is 0 Å². The van der Waals surface area contributed by atoms with Gasteiger partial charge in [-0.25, -0.2) is 0 Å². The summed E-state index contributed by atoms with van der Waals surface area (Å²) in [5, 5.41) is 2.72. The van der Waals surface area contributed by atoms with E-state index in [9.17, 15) is 56.6 Å². The van der Waals surface area contributed by atoms with Crippen LogP contribution in [0.1, 0.15) is 27.7 Å². The van der Waals surface area contributed by atoms with E-state index in [-0.39, 0.29) is 11.7 Å². The molecule has 0 aromatic carbocycles. The molecule has 19 heteroatoms. The van der Waals surface area contributed by atoms with Crippen LogP contribution < -0.4 is 5.32 Å². The molecule has 156 valence electrons. The van der Waals surface area contributed by atoms with Crippen molar-refractivity contribution in [3.63, 3.8) is 0 Å². The number of carbonyl (C=O) groups excluding carboxylic acids is 1. The minimum atomic E-state index is -6.00. The van der Waals surface area contributed by atoms with Crippen LogP contribution in [0.3, 0.4) is 0 Å². The van der Waals surface area contributed by atoms with Crippen LogP contribution in [0.5, 0.6) is 0 Å². The van der Waals surface area contributed by atoms with Crippen molar-refractivity contribution in [2.24, 2.45) is 0 Å². The maximum Gasteiger partial charge on any atom is 0.673 e. The molecule has 0 aromatic heterocycles. The third kappa shape index (κ3) is 153. The minimum absolute atomic E-state index is 0.307. The van der Waals surface area contributed by atoms with Crippen LogP contribution in [0, 0.1) is 0 Å². The zero-order valence-electron chi connectivity index (χ0n) is 14.2. The van der Waals surface area contributed by atoms with Crippen molar-refractivity contribution in [2.75, 3.05) is 0 Å². The van der Waals surface area contributed by atoms with E-state index < -0.39 is 21.8 Å². The van der Waals surface area contributed by atoms with Crippen LogP contribution >= 0.6 is 0 Å². The summed E-state index contributed by atoms with van der Waals surface area (Å²) in [7, 11) is -18.0. The summed E-state index contributed by atoms with van der Waals surface area (Å²) in [5.41, 5.74) is -0.383. The molecule has 0 radical (unpaired) electrons. The fourth-order valence-electron chi connectivity index (χ4n) is 0.543. The fourth-order valence-corrected chi connectivity index (χ4v) is 0.911. The van der Waals surface area contributed by atoms with Crippen molar-refractivity contribution < 1.29 is 61.3 Å². The summed E-state index contributed by atoms with van der Waals surface area (Å²) in [6.45, 7) is 7.54. The fraction of sp³-hybridized carbons (Fsp3) is 0.857. The molecule has 0 aliphatic heterocycles. The van der Waals surface area contributed by atoms with Crippen molar-refractivity contribution >= 4 is 76.8 Å². The van der Waals surface area contributed by atoms with E-state index >= 15 is 0 Å². The van der Waals surface area contributed by atoms with Gasteiger partial charge >= 0.3 is 125 Å². The molecule has 0 aromatic rings. The summed E-state index contributed by atoms with van der Waals surface area (Å²) >= 11 is 0.615. The maximum absolute atomic E-state index is 11.0. The zero-order chi connectivity index (χ0) is 22.6. The Kier molecular flexibility index (Phi) is 18.6. The second-order valence-electron chi connectivity index (χ2n) is 5.29. The smallest absolute Gasteiger partial charge is 0.418 e. The molecule has 1 amide bonds. The number of hydrogen-bond donors (Lipinski definition) is 1. The molecule has 0 spiro atoms. The normalized spacial score (nSPS) is 12.8. The molecule has 1 atom stereocenters. The molecule has 0 fully saturated rings. The molecule has 1 unspecified atom stereocenters. The average Bonchev–Trinajstić information content (AvgIpc) is 2.01. The van der Waals surface area contributed by atoms with Crippen molar-refractivity contribution in [1.82, 2.24) is 5.32 Å².